The number of fused-ring (bicyclic) bond motifs is 3. The van der Waals surface area contributed by atoms with Crippen molar-refractivity contribution in [2.24, 2.45) is 10.8 Å². The molecule has 1 amide bonds. The molecule has 0 unspecified atom stereocenters. The molecule has 4 rings (SSSR count). The van der Waals surface area contributed by atoms with Crippen LogP contribution in [0.1, 0.15) is 51.9 Å². The fourth-order valence-corrected chi connectivity index (χ4v) is 5.68. The number of hydrogen-bond acceptors (Lipinski definition) is 2. The third-order valence-corrected chi connectivity index (χ3v) is 6.81. The van der Waals surface area contributed by atoms with Crippen LogP contribution in [0.2, 0.25) is 0 Å². The van der Waals surface area contributed by atoms with Crippen LogP contribution in [0.15, 0.2) is 30.3 Å². The largest absolute Gasteiger partial charge is 0.317 e. The van der Waals surface area contributed by atoms with E-state index in [9.17, 15) is 4.79 Å². The van der Waals surface area contributed by atoms with Gasteiger partial charge < -0.3 is 5.32 Å². The van der Waals surface area contributed by atoms with Gasteiger partial charge in [-0.3, -0.25) is 4.79 Å². The molecule has 2 fully saturated rings. The second-order valence-corrected chi connectivity index (χ2v) is 8.66. The topological polar surface area (TPSA) is 29.1 Å². The number of amides is 1. The van der Waals surface area contributed by atoms with Gasteiger partial charge in [-0.2, -0.15) is 0 Å². The van der Waals surface area contributed by atoms with E-state index in [1.807, 2.05) is 6.07 Å². The first-order chi connectivity index (χ1) is 10.6. The van der Waals surface area contributed by atoms with Crippen LogP contribution < -0.4 is 5.32 Å². The summed E-state index contributed by atoms with van der Waals surface area (Å²) in [4.78, 5) is 13.0. The first kappa shape index (κ1) is 14.3. The van der Waals surface area contributed by atoms with Crippen molar-refractivity contribution >= 4 is 32.3 Å². The summed E-state index contributed by atoms with van der Waals surface area (Å²) in [6.45, 7) is 2.38. The average molecular weight is 313 g/mol. The van der Waals surface area contributed by atoms with Gasteiger partial charge in [0.05, 0.1) is 10.4 Å². The minimum Gasteiger partial charge on any atom is -0.317 e. The van der Waals surface area contributed by atoms with E-state index in [4.69, 9.17) is 0 Å². The summed E-state index contributed by atoms with van der Waals surface area (Å²) < 4.78 is 1.24. The first-order valence-corrected chi connectivity index (χ1v) is 9.20. The van der Waals surface area contributed by atoms with E-state index in [2.05, 4.69) is 36.5 Å². The Morgan fingerprint density at radius 3 is 2.59 bits per heavy atom. The zero-order valence-electron chi connectivity index (χ0n) is 13.2. The van der Waals surface area contributed by atoms with Gasteiger partial charge in [-0.05, 0) is 55.0 Å². The normalized spacial score (nSPS) is 31.1. The van der Waals surface area contributed by atoms with E-state index in [0.717, 1.165) is 24.3 Å². The average Bonchev–Trinajstić information content (AvgIpc) is 2.88. The minimum absolute atomic E-state index is 0.110. The number of thiophene rings is 1. The van der Waals surface area contributed by atoms with Gasteiger partial charge in [-0.1, -0.05) is 38.0 Å². The number of carbonyl (C=O) groups excluding carboxylic acids is 1. The summed E-state index contributed by atoms with van der Waals surface area (Å²) in [5.74, 6) is 0.268. The summed E-state index contributed by atoms with van der Waals surface area (Å²) in [5, 5.41) is 5.46. The number of nitrogens with one attached hydrogen (secondary N) is 1. The van der Waals surface area contributed by atoms with E-state index in [-0.39, 0.29) is 11.3 Å². The number of rotatable bonds is 2. The Labute approximate surface area is 135 Å². The van der Waals surface area contributed by atoms with Crippen LogP contribution in [0.5, 0.6) is 0 Å². The van der Waals surface area contributed by atoms with Crippen molar-refractivity contribution in [1.82, 2.24) is 0 Å². The molecule has 2 nitrogen and oxygen atoms in total. The molecule has 0 saturated heterocycles. The van der Waals surface area contributed by atoms with E-state index in [1.54, 1.807) is 11.3 Å². The molecular formula is C19H23NOS. The molecule has 22 heavy (non-hydrogen) atoms. The maximum Gasteiger partial charge on any atom is 0.231 e. The van der Waals surface area contributed by atoms with Crippen LogP contribution in [0, 0.1) is 10.8 Å². The second kappa shape index (κ2) is 5.09. The lowest BCUT2D eigenvalue weighted by Crippen LogP contribution is -2.46. The van der Waals surface area contributed by atoms with Crippen molar-refractivity contribution in [3.8, 4) is 0 Å². The van der Waals surface area contributed by atoms with Crippen molar-refractivity contribution in [2.45, 2.75) is 51.9 Å². The van der Waals surface area contributed by atoms with E-state index < -0.39 is 0 Å². The first-order valence-electron chi connectivity index (χ1n) is 8.39. The van der Waals surface area contributed by atoms with Crippen molar-refractivity contribution in [2.75, 3.05) is 5.32 Å². The lowest BCUT2D eigenvalue weighted by molar-refractivity contribution is -0.133. The van der Waals surface area contributed by atoms with Gasteiger partial charge in [0, 0.05) is 4.70 Å². The SMILES string of the molecule is CC12CCCC(C(=O)Nc3cc4ccccc4s3)(CCC1)C2. The van der Waals surface area contributed by atoms with Gasteiger partial charge in [0.1, 0.15) is 0 Å². The summed E-state index contributed by atoms with van der Waals surface area (Å²) in [6, 6.07) is 10.4. The van der Waals surface area contributed by atoms with Gasteiger partial charge in [-0.25, -0.2) is 0 Å². The molecule has 0 atom stereocenters. The van der Waals surface area contributed by atoms with E-state index in [1.165, 1.54) is 35.8 Å². The summed E-state index contributed by atoms with van der Waals surface area (Å²) in [5.41, 5.74) is 0.287. The van der Waals surface area contributed by atoms with Crippen molar-refractivity contribution < 1.29 is 4.79 Å². The van der Waals surface area contributed by atoms with Crippen molar-refractivity contribution in [3.05, 3.63) is 30.3 Å². The van der Waals surface area contributed by atoms with Crippen molar-refractivity contribution in [1.29, 1.82) is 0 Å². The Balaban J connectivity index is 1.58. The second-order valence-electron chi connectivity index (χ2n) is 7.58. The molecule has 0 spiro atoms. The Morgan fingerprint density at radius 1 is 1.14 bits per heavy atom. The predicted molar refractivity (Wildman–Crippen MR) is 93.3 cm³/mol. The quantitative estimate of drug-likeness (QED) is 0.769. The third kappa shape index (κ3) is 2.36. The fourth-order valence-electron chi connectivity index (χ4n) is 4.72. The Bertz CT molecular complexity index is 674. The minimum atomic E-state index is -0.110. The lowest BCUT2D eigenvalue weighted by atomic mass is 9.55. The molecule has 116 valence electrons. The Hall–Kier alpha value is -1.35. The van der Waals surface area contributed by atoms with Crippen LogP contribution >= 0.6 is 11.3 Å². The molecule has 1 aromatic carbocycles. The summed E-state index contributed by atoms with van der Waals surface area (Å²) in [7, 11) is 0. The molecule has 1 N–H and O–H groups in total. The standard InChI is InChI=1S/C19H23NOS/c1-18-8-4-10-19(13-18,11-5-9-18)17(21)20-16-12-14-6-2-3-7-15(14)22-16/h2-3,6-7,12H,4-5,8-11,13H2,1H3,(H,20,21). The molecule has 0 radical (unpaired) electrons. The maximum atomic E-state index is 13.0. The molecule has 2 aliphatic carbocycles. The zero-order valence-corrected chi connectivity index (χ0v) is 14.0. The summed E-state index contributed by atoms with van der Waals surface area (Å²) >= 11 is 1.68. The Morgan fingerprint density at radius 2 is 1.86 bits per heavy atom. The highest BCUT2D eigenvalue weighted by molar-refractivity contribution is 7.22. The van der Waals surface area contributed by atoms with Crippen LogP contribution in [0.25, 0.3) is 10.1 Å². The molecule has 0 aliphatic heterocycles. The highest BCUT2D eigenvalue weighted by Gasteiger charge is 2.49. The number of anilines is 1. The van der Waals surface area contributed by atoms with Crippen LogP contribution in [-0.4, -0.2) is 5.91 Å². The molecule has 2 bridgehead atoms. The van der Waals surface area contributed by atoms with E-state index >= 15 is 0 Å². The van der Waals surface area contributed by atoms with Gasteiger partial charge in [-0.15, -0.1) is 11.3 Å². The smallest absolute Gasteiger partial charge is 0.231 e. The van der Waals surface area contributed by atoms with Crippen LogP contribution in [0.4, 0.5) is 5.00 Å². The molecule has 3 heteroatoms. The molecule has 2 aliphatic rings. The molecule has 2 saturated carbocycles. The number of benzene rings is 1. The predicted octanol–water partition coefficient (Wildman–Crippen LogP) is 5.59. The molecule has 1 aromatic heterocycles. The number of carbonyl (C=O) groups is 1. The fraction of sp³-hybridized carbons (Fsp3) is 0.526. The van der Waals surface area contributed by atoms with E-state index in [0.29, 0.717) is 5.41 Å². The molecular weight excluding hydrogens is 290 g/mol. The monoisotopic (exact) mass is 313 g/mol. The van der Waals surface area contributed by atoms with Gasteiger partial charge in [0.2, 0.25) is 5.91 Å². The number of hydrogen-bond donors (Lipinski definition) is 1. The maximum absolute atomic E-state index is 13.0. The van der Waals surface area contributed by atoms with Gasteiger partial charge >= 0.3 is 0 Å². The van der Waals surface area contributed by atoms with Crippen LogP contribution in [0.3, 0.4) is 0 Å². The molecule has 2 aromatic rings. The highest BCUT2D eigenvalue weighted by atomic mass is 32.1. The highest BCUT2D eigenvalue weighted by Crippen LogP contribution is 2.55. The van der Waals surface area contributed by atoms with Gasteiger partial charge in [0.15, 0.2) is 0 Å². The lowest BCUT2D eigenvalue weighted by Gasteiger charge is -2.49. The zero-order chi connectivity index (χ0) is 15.2. The summed E-state index contributed by atoms with van der Waals surface area (Å²) in [6.07, 6.45) is 8.22. The Kier molecular flexibility index (Phi) is 3.30. The molecule has 1 heterocycles. The third-order valence-electron chi connectivity index (χ3n) is 5.78. The van der Waals surface area contributed by atoms with Crippen molar-refractivity contribution in [3.63, 3.8) is 0 Å². The van der Waals surface area contributed by atoms with Gasteiger partial charge in [0.25, 0.3) is 0 Å². The van der Waals surface area contributed by atoms with Crippen LogP contribution in [-0.2, 0) is 4.79 Å².